The van der Waals surface area contributed by atoms with Gasteiger partial charge in [-0.15, -0.1) is 0 Å². The Kier molecular flexibility index (Phi) is 7.74. The summed E-state index contributed by atoms with van der Waals surface area (Å²) in [5, 5.41) is 0. The second-order valence-corrected chi connectivity index (χ2v) is 14.5. The zero-order chi connectivity index (χ0) is 34.8. The lowest BCUT2D eigenvalue weighted by atomic mass is 9.81. The summed E-state index contributed by atoms with van der Waals surface area (Å²) < 4.78 is 0. The van der Waals surface area contributed by atoms with E-state index in [0.717, 1.165) is 28.7 Å². The molecule has 0 N–H and O–H groups in total. The Morgan fingerprint density at radius 3 is 1.43 bits per heavy atom. The lowest BCUT2D eigenvalue weighted by Crippen LogP contribution is -2.14. The minimum absolute atomic E-state index is 0. The molecule has 254 valence electrons. The van der Waals surface area contributed by atoms with Crippen molar-refractivity contribution >= 4 is 0 Å². The summed E-state index contributed by atoms with van der Waals surface area (Å²) >= 11 is 0. The molecule has 0 atom stereocenters. The van der Waals surface area contributed by atoms with E-state index in [0.29, 0.717) is 17.5 Å². The molecule has 3 nitrogen and oxygen atoms in total. The van der Waals surface area contributed by atoms with E-state index in [-0.39, 0.29) is 12.8 Å². The number of rotatable bonds is 5. The van der Waals surface area contributed by atoms with Gasteiger partial charge in [0, 0.05) is 22.1 Å². The molecular weight excluding hydrogens is 643 g/mol. The van der Waals surface area contributed by atoms with Crippen molar-refractivity contribution < 1.29 is 0 Å². The predicted molar refractivity (Wildman–Crippen MR) is 220 cm³/mol. The number of aromatic nitrogens is 3. The minimum atomic E-state index is -0.0256. The first-order valence-electron chi connectivity index (χ1n) is 18.0. The second kappa shape index (κ2) is 12.6. The van der Waals surface area contributed by atoms with Crippen molar-refractivity contribution in [1.29, 1.82) is 0 Å². The molecule has 8 aromatic rings. The smallest absolute Gasteiger partial charge is 0.164 e. The van der Waals surface area contributed by atoms with Gasteiger partial charge >= 0.3 is 0 Å². The molecule has 2 aliphatic carbocycles. The molecule has 0 spiro atoms. The molecular formula is C50H39N3. The van der Waals surface area contributed by atoms with Crippen LogP contribution in [0.15, 0.2) is 164 Å². The predicted octanol–water partition coefficient (Wildman–Crippen LogP) is 12.7. The number of hydrogen-bond acceptors (Lipinski definition) is 3. The molecule has 0 radical (unpaired) electrons. The molecule has 0 saturated carbocycles. The van der Waals surface area contributed by atoms with Crippen LogP contribution < -0.4 is 0 Å². The first-order chi connectivity index (χ1) is 25.5. The Bertz CT molecular complexity index is 2620. The lowest BCUT2D eigenvalue weighted by Gasteiger charge is -2.22. The molecule has 10 rings (SSSR count). The highest BCUT2D eigenvalue weighted by molar-refractivity contribution is 5.87. The van der Waals surface area contributed by atoms with Gasteiger partial charge in [-0.3, -0.25) is 0 Å². The molecule has 1 heterocycles. The van der Waals surface area contributed by atoms with Crippen LogP contribution in [0.2, 0.25) is 0 Å². The second-order valence-electron chi connectivity index (χ2n) is 14.5. The SMILES string of the molecule is C.CC1(C)c2ccccc2-c2ccc(-c3ccc4c(c3)-c3cc(-c5cccc(-c6nc(-c7ccccc7)nc(-c7ccccc7)n6)c5)ccc3C4)cc21. The van der Waals surface area contributed by atoms with Crippen LogP contribution in [-0.4, -0.2) is 15.0 Å². The Morgan fingerprint density at radius 1 is 0.358 bits per heavy atom. The van der Waals surface area contributed by atoms with Gasteiger partial charge in [0.15, 0.2) is 17.5 Å². The van der Waals surface area contributed by atoms with Crippen LogP contribution in [0.1, 0.15) is 43.5 Å². The molecule has 0 fully saturated rings. The van der Waals surface area contributed by atoms with E-state index >= 15 is 0 Å². The third-order valence-electron chi connectivity index (χ3n) is 11.0. The van der Waals surface area contributed by atoms with Crippen molar-refractivity contribution in [2.45, 2.75) is 33.1 Å². The normalized spacial score (nSPS) is 13.0. The monoisotopic (exact) mass is 681 g/mol. The van der Waals surface area contributed by atoms with E-state index in [1.165, 1.54) is 61.2 Å². The third kappa shape index (κ3) is 5.48. The maximum absolute atomic E-state index is 4.98. The van der Waals surface area contributed by atoms with Gasteiger partial charge in [-0.05, 0) is 97.4 Å². The largest absolute Gasteiger partial charge is 0.208 e. The Labute approximate surface area is 311 Å². The topological polar surface area (TPSA) is 38.7 Å². The molecule has 0 bridgehead atoms. The molecule has 2 aliphatic rings. The molecule has 3 heteroatoms. The van der Waals surface area contributed by atoms with E-state index in [2.05, 4.69) is 117 Å². The fraction of sp³-hybridized carbons (Fsp3) is 0.100. The summed E-state index contributed by atoms with van der Waals surface area (Å²) in [7, 11) is 0. The highest BCUT2D eigenvalue weighted by Crippen LogP contribution is 2.50. The number of nitrogens with zero attached hydrogens (tertiary/aromatic N) is 3. The first-order valence-corrected chi connectivity index (χ1v) is 18.0. The Balaban J connectivity index is 0.00000372. The summed E-state index contributed by atoms with van der Waals surface area (Å²) in [5.41, 5.74) is 18.6. The van der Waals surface area contributed by atoms with Crippen LogP contribution in [0.3, 0.4) is 0 Å². The van der Waals surface area contributed by atoms with Gasteiger partial charge in [0.2, 0.25) is 0 Å². The molecule has 7 aromatic carbocycles. The van der Waals surface area contributed by atoms with Crippen molar-refractivity contribution in [3.8, 4) is 78.7 Å². The third-order valence-corrected chi connectivity index (χ3v) is 11.0. The average molecular weight is 682 g/mol. The Morgan fingerprint density at radius 2 is 0.811 bits per heavy atom. The van der Waals surface area contributed by atoms with E-state index in [4.69, 9.17) is 15.0 Å². The van der Waals surface area contributed by atoms with Crippen molar-refractivity contribution in [2.24, 2.45) is 0 Å². The Hall–Kier alpha value is -6.45. The van der Waals surface area contributed by atoms with Gasteiger partial charge in [-0.25, -0.2) is 15.0 Å². The van der Waals surface area contributed by atoms with Crippen molar-refractivity contribution in [3.05, 3.63) is 186 Å². The van der Waals surface area contributed by atoms with Crippen LogP contribution in [0.25, 0.3) is 78.7 Å². The summed E-state index contributed by atoms with van der Waals surface area (Å²) in [6.45, 7) is 4.70. The fourth-order valence-corrected chi connectivity index (χ4v) is 8.19. The summed E-state index contributed by atoms with van der Waals surface area (Å²) in [6.07, 6.45) is 0.952. The van der Waals surface area contributed by atoms with Crippen molar-refractivity contribution in [2.75, 3.05) is 0 Å². The summed E-state index contributed by atoms with van der Waals surface area (Å²) in [6, 6.07) is 58.7. The van der Waals surface area contributed by atoms with Gasteiger partial charge in [0.1, 0.15) is 0 Å². The van der Waals surface area contributed by atoms with E-state index in [1.807, 2.05) is 60.7 Å². The fourth-order valence-electron chi connectivity index (χ4n) is 8.19. The van der Waals surface area contributed by atoms with Gasteiger partial charge < -0.3 is 0 Å². The standard InChI is InChI=1S/C49H35N3.CH4/c1-49(2)44-19-10-9-18-40(44)41-25-24-36(30-45(41)49)35-21-23-38-27-37-22-20-34(28-42(37)43(38)29-35)33-16-11-17-39(26-33)48-51-46(31-12-5-3-6-13-31)50-47(52-48)32-14-7-4-8-15-32;/h3-26,28-30H,27H2,1-2H3;1H4. The molecule has 53 heavy (non-hydrogen) atoms. The van der Waals surface area contributed by atoms with E-state index in [9.17, 15) is 0 Å². The van der Waals surface area contributed by atoms with Crippen molar-refractivity contribution in [3.63, 3.8) is 0 Å². The number of benzene rings is 7. The highest BCUT2D eigenvalue weighted by Gasteiger charge is 2.35. The minimum Gasteiger partial charge on any atom is -0.208 e. The van der Waals surface area contributed by atoms with Gasteiger partial charge in [0.05, 0.1) is 0 Å². The zero-order valence-electron chi connectivity index (χ0n) is 29.1. The number of hydrogen-bond donors (Lipinski definition) is 0. The maximum atomic E-state index is 4.98. The first kappa shape index (κ1) is 32.5. The van der Waals surface area contributed by atoms with Gasteiger partial charge in [0.25, 0.3) is 0 Å². The lowest BCUT2D eigenvalue weighted by molar-refractivity contribution is 0.660. The van der Waals surface area contributed by atoms with Gasteiger partial charge in [-0.1, -0.05) is 161 Å². The molecule has 1 aromatic heterocycles. The molecule has 0 amide bonds. The van der Waals surface area contributed by atoms with Crippen molar-refractivity contribution in [1.82, 2.24) is 15.0 Å². The van der Waals surface area contributed by atoms with Crippen LogP contribution in [0, 0.1) is 0 Å². The van der Waals surface area contributed by atoms with E-state index < -0.39 is 0 Å². The van der Waals surface area contributed by atoms with Crippen LogP contribution in [0.4, 0.5) is 0 Å². The molecule has 0 saturated heterocycles. The zero-order valence-corrected chi connectivity index (χ0v) is 29.1. The van der Waals surface area contributed by atoms with E-state index in [1.54, 1.807) is 0 Å². The summed E-state index contributed by atoms with van der Waals surface area (Å²) in [5.74, 6) is 1.99. The number of fused-ring (bicyclic) bond motifs is 6. The van der Waals surface area contributed by atoms with Crippen LogP contribution in [-0.2, 0) is 11.8 Å². The maximum Gasteiger partial charge on any atom is 0.164 e. The van der Waals surface area contributed by atoms with Crippen LogP contribution in [0.5, 0.6) is 0 Å². The average Bonchev–Trinajstić information content (AvgIpc) is 3.69. The van der Waals surface area contributed by atoms with Crippen LogP contribution >= 0.6 is 0 Å². The summed E-state index contributed by atoms with van der Waals surface area (Å²) in [4.78, 5) is 14.8. The molecule has 0 aliphatic heterocycles. The molecule has 0 unspecified atom stereocenters. The highest BCUT2D eigenvalue weighted by atomic mass is 15.0. The van der Waals surface area contributed by atoms with Gasteiger partial charge in [-0.2, -0.15) is 0 Å². The quantitative estimate of drug-likeness (QED) is 0.181.